The van der Waals surface area contributed by atoms with Crippen LogP contribution in [-0.4, -0.2) is 42.6 Å². The number of carbonyl (C=O) groups excluding carboxylic acids is 2. The van der Waals surface area contributed by atoms with Crippen molar-refractivity contribution in [1.82, 2.24) is 25.1 Å². The van der Waals surface area contributed by atoms with Gasteiger partial charge in [0.2, 0.25) is 5.12 Å². The van der Waals surface area contributed by atoms with Crippen molar-refractivity contribution in [2.45, 2.75) is 19.4 Å². The molecule has 1 atom stereocenters. The molecule has 0 aliphatic carbocycles. The van der Waals surface area contributed by atoms with Crippen LogP contribution in [0.3, 0.4) is 0 Å². The summed E-state index contributed by atoms with van der Waals surface area (Å²) >= 11 is 1.25. The Morgan fingerprint density at radius 2 is 2.32 bits per heavy atom. The van der Waals surface area contributed by atoms with Crippen LogP contribution in [0.4, 0.5) is 0 Å². The Labute approximate surface area is 112 Å². The smallest absolute Gasteiger partial charge is 0.272 e. The minimum Gasteiger partial charge on any atom is -0.340 e. The molecule has 2 aromatic heterocycles. The minimum atomic E-state index is -0.406. The highest BCUT2D eigenvalue weighted by Gasteiger charge is 2.27. The second-order valence-electron chi connectivity index (χ2n) is 4.22. The van der Waals surface area contributed by atoms with E-state index in [2.05, 4.69) is 20.6 Å². The average molecular weight is 277 g/mol. The van der Waals surface area contributed by atoms with Gasteiger partial charge in [0, 0.05) is 5.75 Å². The fourth-order valence-electron chi connectivity index (χ4n) is 1.88. The first kappa shape index (κ1) is 12.1. The van der Waals surface area contributed by atoms with E-state index in [0.717, 1.165) is 5.75 Å². The van der Waals surface area contributed by atoms with Crippen molar-refractivity contribution in [3.05, 3.63) is 23.7 Å². The van der Waals surface area contributed by atoms with E-state index < -0.39 is 6.04 Å². The predicted octanol–water partition coefficient (Wildman–Crippen LogP) is 0.195. The van der Waals surface area contributed by atoms with E-state index in [9.17, 15) is 9.59 Å². The molecule has 19 heavy (non-hydrogen) atoms. The number of thioether (sulfide) groups is 1. The zero-order chi connectivity index (χ0) is 13.4. The third kappa shape index (κ3) is 2.19. The normalized spacial score (nSPS) is 19.0. The van der Waals surface area contributed by atoms with E-state index >= 15 is 0 Å². The number of nitrogens with zero attached hydrogens (tertiary/aromatic N) is 4. The van der Waals surface area contributed by atoms with Gasteiger partial charge in [0.1, 0.15) is 5.69 Å². The van der Waals surface area contributed by atoms with E-state index in [-0.39, 0.29) is 16.7 Å². The molecule has 1 fully saturated rings. The molecule has 0 spiro atoms. The Bertz CT molecular complexity index is 668. The maximum Gasteiger partial charge on any atom is 0.272 e. The van der Waals surface area contributed by atoms with Crippen LogP contribution in [0, 0.1) is 6.92 Å². The fourth-order valence-corrected chi connectivity index (χ4v) is 2.81. The zero-order valence-corrected chi connectivity index (χ0v) is 11.0. The van der Waals surface area contributed by atoms with Gasteiger partial charge >= 0.3 is 0 Å². The van der Waals surface area contributed by atoms with E-state index in [1.165, 1.54) is 16.3 Å². The molecular weight excluding hydrogens is 266 g/mol. The van der Waals surface area contributed by atoms with Crippen molar-refractivity contribution in [2.75, 3.05) is 5.75 Å². The lowest BCUT2D eigenvalue weighted by atomic mass is 10.2. The first-order valence-electron chi connectivity index (χ1n) is 5.82. The summed E-state index contributed by atoms with van der Waals surface area (Å²) in [5.41, 5.74) is 0.835. The quantitative estimate of drug-likeness (QED) is 0.843. The molecule has 0 bridgehead atoms. The van der Waals surface area contributed by atoms with Crippen LogP contribution >= 0.6 is 11.8 Å². The van der Waals surface area contributed by atoms with Gasteiger partial charge in [-0.2, -0.15) is 9.61 Å². The van der Waals surface area contributed by atoms with Crippen LogP contribution in [0.1, 0.15) is 22.7 Å². The Morgan fingerprint density at radius 3 is 3.05 bits per heavy atom. The zero-order valence-electron chi connectivity index (χ0n) is 10.2. The Hall–Kier alpha value is -1.96. The molecule has 2 aromatic rings. The highest BCUT2D eigenvalue weighted by Crippen LogP contribution is 2.19. The van der Waals surface area contributed by atoms with Gasteiger partial charge in [-0.15, -0.1) is 10.2 Å². The van der Waals surface area contributed by atoms with Gasteiger partial charge in [-0.1, -0.05) is 11.8 Å². The van der Waals surface area contributed by atoms with Gasteiger partial charge in [-0.3, -0.25) is 9.59 Å². The summed E-state index contributed by atoms with van der Waals surface area (Å²) in [5.74, 6) is 1.01. The standard InChI is InChI=1S/C11H11N5O2S/c1-6-13-14-9-3-2-7(15-16(6)9)10(17)12-8-4-5-19-11(8)18/h2-3,8H,4-5H2,1H3,(H,12,17). The van der Waals surface area contributed by atoms with Gasteiger partial charge in [-0.25, -0.2) is 0 Å². The topological polar surface area (TPSA) is 89.2 Å². The number of aromatic nitrogens is 4. The number of rotatable bonds is 2. The second kappa shape index (κ2) is 4.61. The number of carbonyl (C=O) groups is 2. The fraction of sp³-hybridized carbons (Fsp3) is 0.364. The molecule has 1 saturated heterocycles. The summed E-state index contributed by atoms with van der Waals surface area (Å²) in [7, 11) is 0. The summed E-state index contributed by atoms with van der Waals surface area (Å²) in [6.07, 6.45) is 0.670. The number of hydrogen-bond acceptors (Lipinski definition) is 6. The van der Waals surface area contributed by atoms with Gasteiger partial charge in [0.15, 0.2) is 11.5 Å². The highest BCUT2D eigenvalue weighted by molar-refractivity contribution is 8.14. The van der Waals surface area contributed by atoms with Gasteiger partial charge in [0.25, 0.3) is 5.91 Å². The maximum absolute atomic E-state index is 12.0. The van der Waals surface area contributed by atoms with Gasteiger partial charge in [-0.05, 0) is 25.5 Å². The maximum atomic E-state index is 12.0. The lowest BCUT2D eigenvalue weighted by molar-refractivity contribution is -0.112. The molecule has 1 amide bonds. The lowest BCUT2D eigenvalue weighted by Crippen LogP contribution is -2.37. The molecule has 0 radical (unpaired) electrons. The molecule has 0 saturated carbocycles. The summed E-state index contributed by atoms with van der Waals surface area (Å²) in [5, 5.41) is 14.6. The molecule has 3 heterocycles. The SMILES string of the molecule is Cc1nnc2ccc(C(=O)NC3CCSC3=O)nn12. The third-order valence-corrected chi connectivity index (χ3v) is 3.90. The highest BCUT2D eigenvalue weighted by atomic mass is 32.2. The van der Waals surface area contributed by atoms with Crippen molar-refractivity contribution in [2.24, 2.45) is 0 Å². The van der Waals surface area contributed by atoms with Crippen LogP contribution in [0.2, 0.25) is 0 Å². The van der Waals surface area contributed by atoms with Crippen molar-refractivity contribution < 1.29 is 9.59 Å². The molecule has 3 rings (SSSR count). The Morgan fingerprint density at radius 1 is 1.47 bits per heavy atom. The molecule has 7 nitrogen and oxygen atoms in total. The predicted molar refractivity (Wildman–Crippen MR) is 68.9 cm³/mol. The molecule has 98 valence electrons. The summed E-state index contributed by atoms with van der Waals surface area (Å²) in [6, 6.07) is 2.84. The summed E-state index contributed by atoms with van der Waals surface area (Å²) < 4.78 is 1.50. The van der Waals surface area contributed by atoms with Crippen LogP contribution < -0.4 is 5.32 Å². The number of amides is 1. The second-order valence-corrected chi connectivity index (χ2v) is 5.32. The monoisotopic (exact) mass is 277 g/mol. The van der Waals surface area contributed by atoms with Gasteiger partial charge in [0.05, 0.1) is 6.04 Å². The van der Waals surface area contributed by atoms with Crippen molar-refractivity contribution >= 4 is 28.4 Å². The largest absolute Gasteiger partial charge is 0.340 e. The summed E-state index contributed by atoms with van der Waals surface area (Å²) in [6.45, 7) is 1.76. The number of aryl methyl sites for hydroxylation is 1. The molecule has 1 unspecified atom stereocenters. The number of hydrogen-bond donors (Lipinski definition) is 1. The Balaban J connectivity index is 1.84. The third-order valence-electron chi connectivity index (χ3n) is 2.89. The van der Waals surface area contributed by atoms with Crippen molar-refractivity contribution in [1.29, 1.82) is 0 Å². The minimum absolute atomic E-state index is 0.00917. The van der Waals surface area contributed by atoms with Crippen molar-refractivity contribution in [3.63, 3.8) is 0 Å². The van der Waals surface area contributed by atoms with E-state index in [4.69, 9.17) is 0 Å². The molecule has 0 aromatic carbocycles. The van der Waals surface area contributed by atoms with Crippen LogP contribution in [-0.2, 0) is 4.79 Å². The van der Waals surface area contributed by atoms with E-state index in [1.54, 1.807) is 19.1 Å². The first-order valence-corrected chi connectivity index (χ1v) is 6.80. The number of nitrogens with one attached hydrogen (secondary N) is 1. The van der Waals surface area contributed by atoms with Crippen molar-refractivity contribution in [3.8, 4) is 0 Å². The first-order chi connectivity index (χ1) is 9.15. The van der Waals surface area contributed by atoms with Gasteiger partial charge < -0.3 is 5.32 Å². The molecular formula is C11H11N5O2S. The van der Waals surface area contributed by atoms with E-state index in [1.807, 2.05) is 0 Å². The summed E-state index contributed by atoms with van der Waals surface area (Å²) in [4.78, 5) is 23.5. The number of fused-ring (bicyclic) bond motifs is 1. The van der Waals surface area contributed by atoms with E-state index in [0.29, 0.717) is 17.9 Å². The van der Waals surface area contributed by atoms with Crippen LogP contribution in [0.15, 0.2) is 12.1 Å². The average Bonchev–Trinajstić information content (AvgIpc) is 2.97. The van der Waals surface area contributed by atoms with Crippen LogP contribution in [0.5, 0.6) is 0 Å². The lowest BCUT2D eigenvalue weighted by Gasteiger charge is -2.09. The molecule has 1 aliphatic rings. The molecule has 8 heteroatoms. The Kier molecular flexibility index (Phi) is 2.94. The van der Waals surface area contributed by atoms with Crippen LogP contribution in [0.25, 0.3) is 5.65 Å². The molecule has 1 N–H and O–H groups in total. The molecule has 1 aliphatic heterocycles.